The Morgan fingerprint density at radius 3 is 1.26 bits per heavy atom. The van der Waals surface area contributed by atoms with Gasteiger partial charge in [-0.15, -0.1) is 0 Å². The molecule has 0 aromatic heterocycles. The van der Waals surface area contributed by atoms with Crippen molar-refractivity contribution >= 4 is 11.6 Å². The first-order valence-corrected chi connectivity index (χ1v) is 36.9. The van der Waals surface area contributed by atoms with Gasteiger partial charge in [0.05, 0.1) is 38.6 Å². The van der Waals surface area contributed by atoms with Crippen molar-refractivity contribution in [3.05, 3.63) is 118 Å². The van der Waals surface area contributed by atoms with Crippen molar-refractivity contribution in [1.29, 1.82) is 0 Å². The number of hydrogen-bond donors (Lipinski definition) is 0. The molecule has 0 aromatic rings. The fraction of sp³-hybridized carbons (Fsp3) is 0.750. The summed E-state index contributed by atoms with van der Waals surface area (Å²) in [7, 11) is 11.8. The van der Waals surface area contributed by atoms with E-state index in [0.29, 0.717) is 49.5 Å². The van der Waals surface area contributed by atoms with E-state index in [1.165, 1.54) is 169 Å². The zero-order valence-corrected chi connectivity index (χ0v) is 62.1. The first-order chi connectivity index (χ1) is 44.0. The minimum absolute atomic E-state index is 0. The molecule has 0 saturated heterocycles. The van der Waals surface area contributed by atoms with E-state index in [1.54, 1.807) is 48.2 Å². The number of ketones is 2. The largest absolute Gasteiger partial charge is 0.501 e. The Morgan fingerprint density at radius 1 is 0.371 bits per heavy atom. The van der Waals surface area contributed by atoms with Crippen LogP contribution in [0.4, 0.5) is 0 Å². The summed E-state index contributed by atoms with van der Waals surface area (Å²) >= 11 is 0. The van der Waals surface area contributed by atoms with Crippen LogP contribution >= 0.6 is 0 Å². The van der Waals surface area contributed by atoms with Crippen LogP contribution in [0.3, 0.4) is 0 Å². The Hall–Kier alpha value is -4.02. The minimum atomic E-state index is -0.417. The van der Waals surface area contributed by atoms with Crippen LogP contribution in [0.2, 0.25) is 0 Å². The van der Waals surface area contributed by atoms with Gasteiger partial charge in [-0.1, -0.05) is 138 Å². The van der Waals surface area contributed by atoms with Gasteiger partial charge in [-0.05, 0) is 296 Å². The van der Waals surface area contributed by atoms with Gasteiger partial charge in [0, 0.05) is 60.5 Å². The summed E-state index contributed by atoms with van der Waals surface area (Å²) < 4.78 is 35.6. The van der Waals surface area contributed by atoms with Crippen LogP contribution < -0.4 is 0 Å². The molecule has 9 nitrogen and oxygen atoms in total. The molecule has 552 valence electrons. The molecule has 0 amide bonds. The maximum atomic E-state index is 11.8. The molecule has 14 aliphatic rings. The summed E-state index contributed by atoms with van der Waals surface area (Å²) in [5.74, 6) is 8.64. The second-order valence-corrected chi connectivity index (χ2v) is 33.2. The molecule has 4 fully saturated rings. The molecule has 0 heterocycles. The van der Waals surface area contributed by atoms with Gasteiger partial charge in [-0.3, -0.25) is 9.59 Å². The normalized spacial score (nSPS) is 35.7. The summed E-state index contributed by atoms with van der Waals surface area (Å²) in [6, 6.07) is 0. The van der Waals surface area contributed by atoms with Crippen LogP contribution in [-0.4, -0.2) is 72.9 Å². The van der Waals surface area contributed by atoms with Crippen LogP contribution in [0.5, 0.6) is 0 Å². The van der Waals surface area contributed by atoms with Gasteiger partial charge in [0.1, 0.15) is 0 Å². The predicted molar refractivity (Wildman–Crippen MR) is 409 cm³/mol. The van der Waals surface area contributed by atoms with Crippen molar-refractivity contribution in [3.8, 4) is 0 Å². The molecule has 0 aliphatic heterocycles. The van der Waals surface area contributed by atoms with Gasteiger partial charge in [-0.2, -0.15) is 0 Å². The zero-order valence-electron chi connectivity index (χ0n) is 62.1. The monoisotopic (exact) mass is 1350 g/mol. The second-order valence-electron chi connectivity index (χ2n) is 33.2. The van der Waals surface area contributed by atoms with Gasteiger partial charge in [0.25, 0.3) is 0 Å². The number of rotatable bonds is 7. The van der Waals surface area contributed by atoms with E-state index in [4.69, 9.17) is 33.2 Å². The Kier molecular flexibility index (Phi) is 31.5. The van der Waals surface area contributed by atoms with Crippen molar-refractivity contribution in [2.24, 2.45) is 73.4 Å². The number of methoxy groups -OCH3 is 7. The summed E-state index contributed by atoms with van der Waals surface area (Å²) in [5, 5.41) is 0. The van der Waals surface area contributed by atoms with Crippen molar-refractivity contribution in [3.63, 3.8) is 0 Å². The Balaban J connectivity index is 0.000000247. The summed E-state index contributed by atoms with van der Waals surface area (Å²) in [6.07, 6.45) is 63.9. The highest BCUT2D eigenvalue weighted by molar-refractivity contribution is 5.92. The lowest BCUT2D eigenvalue weighted by Crippen LogP contribution is -2.49. The lowest BCUT2D eigenvalue weighted by Gasteiger charge is -2.57. The maximum absolute atomic E-state index is 11.8. The molecule has 0 aromatic carbocycles. The van der Waals surface area contributed by atoms with E-state index >= 15 is 0 Å². The average Bonchev–Trinajstić information content (AvgIpc) is 1.72. The van der Waals surface area contributed by atoms with Crippen LogP contribution in [0.25, 0.3) is 0 Å². The third-order valence-electron chi connectivity index (χ3n) is 27.0. The molecule has 14 aliphatic carbocycles. The fourth-order valence-corrected chi connectivity index (χ4v) is 19.5. The van der Waals surface area contributed by atoms with E-state index in [1.807, 2.05) is 47.0 Å². The van der Waals surface area contributed by atoms with Gasteiger partial charge >= 0.3 is 0 Å². The number of carbonyl (C=O) groups excluding carboxylic acids is 2. The molecule has 6 unspecified atom stereocenters. The summed E-state index contributed by atoms with van der Waals surface area (Å²) in [6.45, 7) is 24.5. The lowest BCUT2D eigenvalue weighted by atomic mass is 9.47. The fourth-order valence-electron chi connectivity index (χ4n) is 19.5. The molecule has 0 N–H and O–H groups in total. The number of carbonyl (C=O) groups is 2. The molecule has 0 bridgehead atoms. The quantitative estimate of drug-likeness (QED) is 0.182. The van der Waals surface area contributed by atoms with Gasteiger partial charge in [0.15, 0.2) is 23.1 Å². The minimum Gasteiger partial charge on any atom is -0.501 e. The van der Waals surface area contributed by atoms with Crippen molar-refractivity contribution < 1.29 is 42.7 Å². The Bertz CT molecular complexity index is 2840. The SMILES string of the molecule is C.C.C.C.COC(C)(C)OC.COC(C)(C)OC.COC1=CC2=CCC3C4CC=C[C@@]4(C)CCC3[C@@]2(C)CC1.COC1=CC2=CCCC[C@@]2(C)CC1.COC1=CC2=CCCC[C@@]2(C)CC1.C[C@@]12C=CCC1C1CCC3=CC(=O)CC[C@]3(C)C1CC2.C[C@@]12CCCCC1=CC(=O)CC2. The lowest BCUT2D eigenvalue weighted by molar-refractivity contribution is -0.179. The van der Waals surface area contributed by atoms with Gasteiger partial charge in [0.2, 0.25) is 0 Å². The molecular formula is C88H146O9. The molecule has 13 atom stereocenters. The molecule has 4 saturated carbocycles. The molecular weight excluding hydrogens is 1200 g/mol. The summed E-state index contributed by atoms with van der Waals surface area (Å²) in [4.78, 5) is 23.0. The first kappa shape index (κ1) is 85.4. The highest BCUT2D eigenvalue weighted by atomic mass is 16.7. The molecule has 0 spiro atoms. The van der Waals surface area contributed by atoms with Gasteiger partial charge < -0.3 is 33.2 Å². The summed E-state index contributed by atoms with van der Waals surface area (Å²) in [5.41, 5.74) is 10.5. The van der Waals surface area contributed by atoms with Crippen LogP contribution in [0.15, 0.2) is 118 Å². The maximum Gasteiger partial charge on any atom is 0.161 e. The zero-order chi connectivity index (χ0) is 67.7. The number of hydrogen-bond acceptors (Lipinski definition) is 9. The highest BCUT2D eigenvalue weighted by Gasteiger charge is 2.56. The number of ether oxygens (including phenoxy) is 7. The van der Waals surface area contributed by atoms with Crippen molar-refractivity contribution in [1.82, 2.24) is 0 Å². The highest BCUT2D eigenvalue weighted by Crippen LogP contribution is 2.65. The number of fused-ring (bicyclic) bond motifs is 13. The van der Waals surface area contributed by atoms with Crippen LogP contribution in [0.1, 0.15) is 292 Å². The van der Waals surface area contributed by atoms with Crippen LogP contribution in [-0.2, 0) is 42.7 Å². The molecule has 14 rings (SSSR count). The average molecular weight is 1350 g/mol. The van der Waals surface area contributed by atoms with E-state index < -0.39 is 11.6 Å². The predicted octanol–water partition coefficient (Wildman–Crippen LogP) is 24.2. The topological polar surface area (TPSA) is 98.8 Å². The standard InChI is InChI=1S/C20H28O.C19H26O.2C12H18O.C11H16O.2C5H12O2.4CH4/c1-19-10-4-5-17(19)16-7-6-14-13-15(21-3)8-12-20(14,2)18(16)9-11-19;1-18-9-3-4-16(18)15-6-5-13-12-14(20)7-11-19(13,2)17(15)8-10-18;2*1-12-7-4-3-5-10(12)9-11(13-2)6-8-12;1-11-6-3-2-4-9(11)8-10(12)5-7-11;2*1-5(2,6-3)7-4;;;;/h4,6,10,13,16-18H,5,7-9,11-12H2,1-3H3;3,9,12,15-17H,4-8,10-11H2,1-2H3;2*5,9H,3-4,6-8H2,1-2H3;8H,2-7H2,1H3;2*1-4H3;4*1H4/t16?,17?,18?,19-,20-;15?,16?,17?,18-,19-;2*12-;11-;;;;;;/m00000....../s1. The van der Waals surface area contributed by atoms with E-state index in [2.05, 4.69) is 109 Å². The third kappa shape index (κ3) is 19.8. The van der Waals surface area contributed by atoms with Crippen molar-refractivity contribution in [2.75, 3.05) is 49.8 Å². The smallest absolute Gasteiger partial charge is 0.161 e. The molecule has 9 heteroatoms. The van der Waals surface area contributed by atoms with E-state index in [0.717, 1.165) is 92.0 Å². The number of allylic oxidation sites excluding steroid dienone is 20. The van der Waals surface area contributed by atoms with E-state index in [9.17, 15) is 9.59 Å². The Morgan fingerprint density at radius 2 is 0.784 bits per heavy atom. The third-order valence-corrected chi connectivity index (χ3v) is 27.0. The molecule has 0 radical (unpaired) electrons. The second kappa shape index (κ2) is 35.7. The molecule has 97 heavy (non-hydrogen) atoms. The first-order valence-electron chi connectivity index (χ1n) is 36.9. The Labute approximate surface area is 596 Å². The van der Waals surface area contributed by atoms with E-state index in [-0.39, 0.29) is 29.7 Å². The van der Waals surface area contributed by atoms with Gasteiger partial charge in [-0.25, -0.2) is 0 Å². The van der Waals surface area contributed by atoms with Crippen LogP contribution in [0, 0.1) is 73.4 Å². The van der Waals surface area contributed by atoms with Crippen molar-refractivity contribution in [2.45, 2.75) is 304 Å².